The second kappa shape index (κ2) is 12.0. The van der Waals surface area contributed by atoms with Gasteiger partial charge in [0.25, 0.3) is 11.8 Å². The molecule has 4 N–H and O–H groups in total. The summed E-state index contributed by atoms with van der Waals surface area (Å²) in [5.41, 5.74) is 0.914. The van der Waals surface area contributed by atoms with E-state index in [9.17, 15) is 29.4 Å². The molecule has 0 bridgehead atoms. The molecule has 0 saturated heterocycles. The van der Waals surface area contributed by atoms with Crippen molar-refractivity contribution in [3.8, 4) is 36.2 Å². The van der Waals surface area contributed by atoms with Crippen molar-refractivity contribution in [2.75, 3.05) is 10.6 Å². The number of terminal acetylenes is 2. The Morgan fingerprint density at radius 1 is 0.585 bits per heavy atom. The van der Waals surface area contributed by atoms with Crippen LogP contribution in [0.1, 0.15) is 52.6 Å². The fourth-order valence-electron chi connectivity index (χ4n) is 3.79. The zero-order valence-electron chi connectivity index (χ0n) is 21.2. The van der Waals surface area contributed by atoms with Crippen LogP contribution in [0.25, 0.3) is 0 Å². The number of hydrogen-bond acceptors (Lipinski definition) is 5. The number of aromatic carboxylic acids is 2. The summed E-state index contributed by atoms with van der Waals surface area (Å²) in [6.07, 6.45) is 10.7. The number of ether oxygens (including phenoxy) is 1. The van der Waals surface area contributed by atoms with E-state index >= 15 is 0 Å². The molecule has 200 valence electrons. The molecule has 0 radical (unpaired) electrons. The van der Waals surface area contributed by atoms with Gasteiger partial charge in [-0.2, -0.15) is 0 Å². The SMILES string of the molecule is C#Cc1ccc(C(=O)Nc2cccc(Oc3ccc(NC(=O)c4cc(C#C)ccc4C(=O)O)cc3)c2)c(C(=O)O)c1. The number of carboxylic acids is 2. The minimum Gasteiger partial charge on any atom is -0.478 e. The molecule has 4 aromatic rings. The van der Waals surface area contributed by atoms with Gasteiger partial charge in [0.05, 0.1) is 22.3 Å². The first-order chi connectivity index (χ1) is 19.7. The lowest BCUT2D eigenvalue weighted by Crippen LogP contribution is -2.16. The van der Waals surface area contributed by atoms with Crippen LogP contribution in [0.5, 0.6) is 11.5 Å². The number of anilines is 2. The fraction of sp³-hybridized carbons (Fsp3) is 0. The molecule has 9 nitrogen and oxygen atoms in total. The van der Waals surface area contributed by atoms with E-state index in [1.807, 2.05) is 0 Å². The summed E-state index contributed by atoms with van der Waals surface area (Å²) in [4.78, 5) is 48.7. The van der Waals surface area contributed by atoms with Crippen LogP contribution in [-0.2, 0) is 0 Å². The summed E-state index contributed by atoms with van der Waals surface area (Å²) < 4.78 is 5.84. The first kappa shape index (κ1) is 27.7. The molecule has 0 fully saturated rings. The third-order valence-corrected chi connectivity index (χ3v) is 5.76. The van der Waals surface area contributed by atoms with Gasteiger partial charge in [0.2, 0.25) is 0 Å². The van der Waals surface area contributed by atoms with Gasteiger partial charge in [-0.1, -0.05) is 17.9 Å². The molecular formula is C32H20N2O7. The molecule has 0 atom stereocenters. The number of carbonyl (C=O) groups excluding carboxylic acids is 2. The van der Waals surface area contributed by atoms with Crippen LogP contribution >= 0.6 is 0 Å². The van der Waals surface area contributed by atoms with Crippen molar-refractivity contribution in [3.05, 3.63) is 118 Å². The van der Waals surface area contributed by atoms with Gasteiger partial charge in [-0.25, -0.2) is 9.59 Å². The Morgan fingerprint density at radius 3 is 1.76 bits per heavy atom. The van der Waals surface area contributed by atoms with E-state index in [0.29, 0.717) is 34.0 Å². The van der Waals surface area contributed by atoms with Gasteiger partial charge in [0, 0.05) is 28.6 Å². The van der Waals surface area contributed by atoms with Crippen LogP contribution in [0.3, 0.4) is 0 Å². The number of carbonyl (C=O) groups is 4. The van der Waals surface area contributed by atoms with Crippen molar-refractivity contribution in [1.29, 1.82) is 0 Å². The summed E-state index contributed by atoms with van der Waals surface area (Å²) in [6.45, 7) is 0. The molecule has 4 aromatic carbocycles. The molecule has 0 aromatic heterocycles. The largest absolute Gasteiger partial charge is 0.478 e. The molecule has 0 heterocycles. The van der Waals surface area contributed by atoms with Gasteiger partial charge in [-0.05, 0) is 72.8 Å². The highest BCUT2D eigenvalue weighted by molar-refractivity contribution is 6.11. The van der Waals surface area contributed by atoms with Crippen molar-refractivity contribution in [2.45, 2.75) is 0 Å². The standard InChI is InChI=1S/C32H20N2O7/c1-3-19-9-15-26(31(37)38)27(16-19)30(36)33-21-10-12-23(13-11-21)41-24-7-5-6-22(18-24)34-29(35)25-14-8-20(4-2)17-28(25)32(39)40/h1-2,5-18H,(H,33,36)(H,34,35)(H,37,38)(H,39,40). The topological polar surface area (TPSA) is 142 Å². The molecular weight excluding hydrogens is 524 g/mol. The number of rotatable bonds is 8. The maximum Gasteiger partial charge on any atom is 0.336 e. The van der Waals surface area contributed by atoms with Crippen LogP contribution in [0.15, 0.2) is 84.9 Å². The first-order valence-corrected chi connectivity index (χ1v) is 11.9. The minimum absolute atomic E-state index is 0.0538. The minimum atomic E-state index is -1.28. The average Bonchev–Trinajstić information content (AvgIpc) is 2.97. The molecule has 0 spiro atoms. The van der Waals surface area contributed by atoms with Crippen molar-refractivity contribution >= 4 is 35.1 Å². The van der Waals surface area contributed by atoms with E-state index < -0.39 is 23.8 Å². The highest BCUT2D eigenvalue weighted by Gasteiger charge is 2.19. The summed E-state index contributed by atoms with van der Waals surface area (Å²) in [6, 6.07) is 20.9. The highest BCUT2D eigenvalue weighted by atomic mass is 16.5. The Labute approximate surface area is 234 Å². The maximum absolute atomic E-state index is 12.8. The third kappa shape index (κ3) is 6.58. The zero-order valence-corrected chi connectivity index (χ0v) is 21.2. The molecule has 0 aliphatic heterocycles. The summed E-state index contributed by atoms with van der Waals surface area (Å²) >= 11 is 0. The number of benzene rings is 4. The van der Waals surface area contributed by atoms with Crippen LogP contribution in [0.2, 0.25) is 0 Å². The molecule has 41 heavy (non-hydrogen) atoms. The number of carboxylic acid groups (broad SMARTS) is 2. The van der Waals surface area contributed by atoms with E-state index in [2.05, 4.69) is 22.5 Å². The Morgan fingerprint density at radius 2 is 1.15 bits per heavy atom. The average molecular weight is 545 g/mol. The molecule has 0 unspecified atom stereocenters. The van der Waals surface area contributed by atoms with Gasteiger partial charge in [-0.15, -0.1) is 12.8 Å². The first-order valence-electron chi connectivity index (χ1n) is 11.9. The maximum atomic E-state index is 12.8. The van der Waals surface area contributed by atoms with Gasteiger partial charge in [-0.3, -0.25) is 9.59 Å². The molecule has 9 heteroatoms. The van der Waals surface area contributed by atoms with E-state index in [1.165, 1.54) is 36.4 Å². The van der Waals surface area contributed by atoms with Gasteiger partial charge < -0.3 is 25.6 Å². The number of amides is 2. The number of nitrogens with one attached hydrogen (secondary N) is 2. The van der Waals surface area contributed by atoms with Gasteiger partial charge in [0.15, 0.2) is 0 Å². The van der Waals surface area contributed by atoms with Gasteiger partial charge >= 0.3 is 11.9 Å². The Kier molecular flexibility index (Phi) is 8.13. The third-order valence-electron chi connectivity index (χ3n) is 5.76. The number of hydrogen-bond donors (Lipinski definition) is 4. The second-order valence-electron chi connectivity index (χ2n) is 8.48. The smallest absolute Gasteiger partial charge is 0.336 e. The fourth-order valence-corrected chi connectivity index (χ4v) is 3.79. The van der Waals surface area contributed by atoms with E-state index in [0.717, 1.165) is 0 Å². The van der Waals surface area contributed by atoms with Crippen LogP contribution < -0.4 is 15.4 Å². The lowest BCUT2D eigenvalue weighted by Gasteiger charge is -2.12. The molecule has 4 rings (SSSR count). The Hall–Kier alpha value is -6.32. The second-order valence-corrected chi connectivity index (χ2v) is 8.48. The van der Waals surface area contributed by atoms with Crippen LogP contribution in [0, 0.1) is 24.7 Å². The highest BCUT2D eigenvalue weighted by Crippen LogP contribution is 2.26. The lowest BCUT2D eigenvalue weighted by molar-refractivity contribution is 0.0683. The molecule has 0 aliphatic rings. The molecule has 0 saturated carbocycles. The van der Waals surface area contributed by atoms with Crippen LogP contribution in [0.4, 0.5) is 11.4 Å². The molecule has 0 aliphatic carbocycles. The predicted molar refractivity (Wildman–Crippen MR) is 152 cm³/mol. The summed E-state index contributed by atoms with van der Waals surface area (Å²) in [5.74, 6) is 1.67. The quantitative estimate of drug-likeness (QED) is 0.219. The van der Waals surface area contributed by atoms with Crippen LogP contribution in [-0.4, -0.2) is 34.0 Å². The normalized spacial score (nSPS) is 10.0. The van der Waals surface area contributed by atoms with E-state index in [-0.39, 0.29) is 22.3 Å². The predicted octanol–water partition coefficient (Wildman–Crippen LogP) is 5.34. The van der Waals surface area contributed by atoms with E-state index in [1.54, 1.807) is 48.5 Å². The Bertz CT molecular complexity index is 1780. The van der Waals surface area contributed by atoms with Crippen molar-refractivity contribution < 1.29 is 34.1 Å². The summed E-state index contributed by atoms with van der Waals surface area (Å²) in [7, 11) is 0. The monoisotopic (exact) mass is 544 g/mol. The zero-order chi connectivity index (χ0) is 29.5. The lowest BCUT2D eigenvalue weighted by atomic mass is 10.0. The van der Waals surface area contributed by atoms with Gasteiger partial charge in [0.1, 0.15) is 11.5 Å². The summed E-state index contributed by atoms with van der Waals surface area (Å²) in [5, 5.41) is 24.1. The van der Waals surface area contributed by atoms with Crippen molar-refractivity contribution in [2.24, 2.45) is 0 Å². The Balaban J connectivity index is 1.45. The van der Waals surface area contributed by atoms with Crippen molar-refractivity contribution in [1.82, 2.24) is 0 Å². The van der Waals surface area contributed by atoms with E-state index in [4.69, 9.17) is 17.6 Å². The molecule has 2 amide bonds. The van der Waals surface area contributed by atoms with Crippen molar-refractivity contribution in [3.63, 3.8) is 0 Å².